The standard InChI is InChI=1S/C27H25N7.C2H6/c28-26(29)24-10-9-23(21-3-1-2-4-22(21)24)25-16-32-34-17-19(15-31-27(25)34)18-5-7-20(8-6-18)33-13-11-30-12-14-33;1-2/h1-10,15-17,30H,11-14H2,(H3,28,29);1-2H3. The number of fused-ring (bicyclic) bond motifs is 2. The molecule has 3 aromatic carbocycles. The van der Waals surface area contributed by atoms with Gasteiger partial charge in [-0.3, -0.25) is 5.41 Å². The molecule has 0 radical (unpaired) electrons. The Hall–Kier alpha value is -4.23. The number of nitrogen functional groups attached to an aromatic ring is 1. The highest BCUT2D eigenvalue weighted by Crippen LogP contribution is 2.33. The van der Waals surface area contributed by atoms with Gasteiger partial charge in [0.2, 0.25) is 0 Å². The lowest BCUT2D eigenvalue weighted by Gasteiger charge is -2.29. The van der Waals surface area contributed by atoms with E-state index in [0.717, 1.165) is 70.4 Å². The summed E-state index contributed by atoms with van der Waals surface area (Å²) in [6, 6.07) is 20.6. The summed E-state index contributed by atoms with van der Waals surface area (Å²) < 4.78 is 1.84. The molecule has 0 atom stereocenters. The van der Waals surface area contributed by atoms with Gasteiger partial charge >= 0.3 is 0 Å². The Kier molecular flexibility index (Phi) is 6.64. The van der Waals surface area contributed by atoms with Crippen molar-refractivity contribution in [3.63, 3.8) is 0 Å². The van der Waals surface area contributed by atoms with Gasteiger partial charge in [-0.1, -0.05) is 62.4 Å². The first-order valence-corrected chi connectivity index (χ1v) is 12.4. The van der Waals surface area contributed by atoms with Crippen molar-refractivity contribution >= 4 is 27.9 Å². The smallest absolute Gasteiger partial charge is 0.162 e. The van der Waals surface area contributed by atoms with Crippen LogP contribution in [-0.2, 0) is 0 Å². The zero-order valence-corrected chi connectivity index (χ0v) is 20.7. The number of anilines is 1. The summed E-state index contributed by atoms with van der Waals surface area (Å²) in [7, 11) is 0. The minimum Gasteiger partial charge on any atom is -0.384 e. The molecule has 1 aliphatic rings. The number of benzene rings is 3. The molecule has 3 heterocycles. The second-order valence-corrected chi connectivity index (χ2v) is 8.57. The maximum absolute atomic E-state index is 7.91. The quantitative estimate of drug-likeness (QED) is 0.252. The van der Waals surface area contributed by atoms with Crippen LogP contribution in [0, 0.1) is 5.41 Å². The number of aromatic nitrogens is 3. The van der Waals surface area contributed by atoms with E-state index in [4.69, 9.17) is 16.1 Å². The molecule has 6 rings (SSSR count). The summed E-state index contributed by atoms with van der Waals surface area (Å²) in [6.07, 6.45) is 5.79. The van der Waals surface area contributed by atoms with Gasteiger partial charge in [-0.15, -0.1) is 0 Å². The monoisotopic (exact) mass is 477 g/mol. The predicted molar refractivity (Wildman–Crippen MR) is 149 cm³/mol. The second kappa shape index (κ2) is 10.2. The molecule has 182 valence electrons. The molecule has 0 saturated carbocycles. The van der Waals surface area contributed by atoms with Crippen LogP contribution in [-0.4, -0.2) is 46.6 Å². The van der Waals surface area contributed by atoms with Crippen LogP contribution in [0.2, 0.25) is 0 Å². The molecule has 2 aromatic heterocycles. The fourth-order valence-electron chi connectivity index (χ4n) is 4.77. The van der Waals surface area contributed by atoms with Crippen LogP contribution in [0.25, 0.3) is 38.7 Å². The molecule has 4 N–H and O–H groups in total. The van der Waals surface area contributed by atoms with Crippen LogP contribution < -0.4 is 16.0 Å². The predicted octanol–water partition coefficient (Wildman–Crippen LogP) is 4.94. The van der Waals surface area contributed by atoms with E-state index in [-0.39, 0.29) is 5.84 Å². The molecule has 1 saturated heterocycles. The van der Waals surface area contributed by atoms with Gasteiger partial charge in [-0.25, -0.2) is 9.50 Å². The van der Waals surface area contributed by atoms with Gasteiger partial charge in [0.25, 0.3) is 0 Å². The number of nitrogens with zero attached hydrogens (tertiary/aromatic N) is 4. The molecule has 7 heteroatoms. The Morgan fingerprint density at radius 3 is 2.31 bits per heavy atom. The summed E-state index contributed by atoms with van der Waals surface area (Å²) in [5, 5.41) is 17.9. The number of amidine groups is 1. The van der Waals surface area contributed by atoms with Crippen LogP contribution in [0.15, 0.2) is 79.3 Å². The van der Waals surface area contributed by atoms with Gasteiger partial charge in [-0.05, 0) is 34.0 Å². The summed E-state index contributed by atoms with van der Waals surface area (Å²) >= 11 is 0. The first-order chi connectivity index (χ1) is 17.7. The van der Waals surface area contributed by atoms with Crippen LogP contribution in [0.1, 0.15) is 19.4 Å². The normalized spacial score (nSPS) is 13.4. The van der Waals surface area contributed by atoms with Crippen LogP contribution in [0.4, 0.5) is 5.69 Å². The van der Waals surface area contributed by atoms with E-state index in [9.17, 15) is 0 Å². The van der Waals surface area contributed by atoms with Crippen LogP contribution in [0.5, 0.6) is 0 Å². The third-order valence-corrected chi connectivity index (χ3v) is 6.54. The van der Waals surface area contributed by atoms with Crippen molar-refractivity contribution in [2.24, 2.45) is 5.73 Å². The molecule has 1 aliphatic heterocycles. The Morgan fingerprint density at radius 2 is 1.58 bits per heavy atom. The third kappa shape index (κ3) is 4.29. The van der Waals surface area contributed by atoms with Gasteiger partial charge < -0.3 is 16.0 Å². The van der Waals surface area contributed by atoms with Crippen molar-refractivity contribution in [3.8, 4) is 22.3 Å². The molecule has 1 fully saturated rings. The van der Waals surface area contributed by atoms with E-state index in [2.05, 4.69) is 45.6 Å². The highest BCUT2D eigenvalue weighted by atomic mass is 15.2. The van der Waals surface area contributed by atoms with Crippen molar-refractivity contribution in [2.75, 3.05) is 31.1 Å². The van der Waals surface area contributed by atoms with Gasteiger partial charge in [0, 0.05) is 61.0 Å². The Morgan fingerprint density at radius 1 is 0.861 bits per heavy atom. The van der Waals surface area contributed by atoms with Crippen molar-refractivity contribution in [1.82, 2.24) is 19.9 Å². The van der Waals surface area contributed by atoms with E-state index in [1.165, 1.54) is 5.69 Å². The van der Waals surface area contributed by atoms with E-state index in [0.29, 0.717) is 0 Å². The average molecular weight is 478 g/mol. The number of piperazine rings is 1. The van der Waals surface area contributed by atoms with Crippen molar-refractivity contribution < 1.29 is 0 Å². The summed E-state index contributed by atoms with van der Waals surface area (Å²) in [5.41, 5.74) is 12.7. The molecule has 0 unspecified atom stereocenters. The molecular formula is C29H31N7. The summed E-state index contributed by atoms with van der Waals surface area (Å²) in [5.74, 6) is 0.0633. The van der Waals surface area contributed by atoms with Gasteiger partial charge in [-0.2, -0.15) is 5.10 Å². The van der Waals surface area contributed by atoms with E-state index >= 15 is 0 Å². The number of nitrogens with two attached hydrogens (primary N) is 1. The summed E-state index contributed by atoms with van der Waals surface area (Å²) in [4.78, 5) is 7.19. The zero-order valence-electron chi connectivity index (χ0n) is 20.7. The molecule has 7 nitrogen and oxygen atoms in total. The molecule has 0 bridgehead atoms. The second-order valence-electron chi connectivity index (χ2n) is 8.57. The number of hydrogen-bond donors (Lipinski definition) is 3. The lowest BCUT2D eigenvalue weighted by Crippen LogP contribution is -2.43. The molecule has 0 aliphatic carbocycles. The molecule has 0 amide bonds. The molecule has 36 heavy (non-hydrogen) atoms. The van der Waals surface area contributed by atoms with Gasteiger partial charge in [0.1, 0.15) is 5.84 Å². The topological polar surface area (TPSA) is 95.3 Å². The fraction of sp³-hybridized carbons (Fsp3) is 0.207. The minimum absolute atomic E-state index is 0.0633. The Bertz CT molecular complexity index is 1510. The third-order valence-electron chi connectivity index (χ3n) is 6.54. The fourth-order valence-corrected chi connectivity index (χ4v) is 4.77. The lowest BCUT2D eigenvalue weighted by molar-refractivity contribution is 0.589. The van der Waals surface area contributed by atoms with Gasteiger partial charge in [0.05, 0.1) is 6.20 Å². The van der Waals surface area contributed by atoms with Crippen molar-refractivity contribution in [3.05, 3.63) is 84.8 Å². The Labute approximate surface area is 211 Å². The number of nitrogens with one attached hydrogen (secondary N) is 2. The van der Waals surface area contributed by atoms with Crippen molar-refractivity contribution in [2.45, 2.75) is 13.8 Å². The van der Waals surface area contributed by atoms with Crippen LogP contribution in [0.3, 0.4) is 0 Å². The van der Waals surface area contributed by atoms with Gasteiger partial charge in [0.15, 0.2) is 5.65 Å². The molecular weight excluding hydrogens is 446 g/mol. The average Bonchev–Trinajstić information content (AvgIpc) is 3.37. The first-order valence-electron chi connectivity index (χ1n) is 12.4. The highest BCUT2D eigenvalue weighted by molar-refractivity contribution is 6.12. The van der Waals surface area contributed by atoms with E-state index in [1.807, 2.05) is 67.3 Å². The summed E-state index contributed by atoms with van der Waals surface area (Å²) in [6.45, 7) is 8.11. The maximum atomic E-state index is 7.91. The van der Waals surface area contributed by atoms with E-state index in [1.54, 1.807) is 0 Å². The van der Waals surface area contributed by atoms with Crippen molar-refractivity contribution in [1.29, 1.82) is 5.41 Å². The Balaban J connectivity index is 0.00000130. The number of rotatable bonds is 4. The molecule has 0 spiro atoms. The number of hydrogen-bond acceptors (Lipinski definition) is 5. The first kappa shape index (κ1) is 23.5. The highest BCUT2D eigenvalue weighted by Gasteiger charge is 2.15. The minimum atomic E-state index is 0.0633. The van der Waals surface area contributed by atoms with E-state index < -0.39 is 0 Å². The largest absolute Gasteiger partial charge is 0.384 e. The SMILES string of the molecule is CC.N=C(N)c1ccc(-c2cnn3cc(-c4ccc(N5CCNCC5)cc4)cnc23)c2ccccc12. The van der Waals surface area contributed by atoms with Crippen LogP contribution >= 0.6 is 0 Å². The zero-order chi connectivity index (χ0) is 25.1. The molecule has 5 aromatic rings. The maximum Gasteiger partial charge on any atom is 0.162 e. The lowest BCUT2D eigenvalue weighted by atomic mass is 9.96.